The highest BCUT2D eigenvalue weighted by Crippen LogP contribution is 2.32. The number of carboxylic acid groups (broad SMARTS) is 1. The van der Waals surface area contributed by atoms with Crippen LogP contribution in [0.15, 0.2) is 77.8 Å². The molecule has 0 unspecified atom stereocenters. The van der Waals surface area contributed by atoms with Gasteiger partial charge in [-0.15, -0.1) is 0 Å². The molecule has 200 valence electrons. The standard InChI is InChI=1S/C30H31N5O4/c1-33-14-16-35(17-15-33)19-26(36)34(2)23-11-9-22(10-12-23)31-28(20-6-4-3-5-7-20)27-24-13-8-21(30(38)39)18-25(24)32-29(27)37/h3-13,18,32,37H,14-17,19H2,1-2H3,(H,38,39). The summed E-state index contributed by atoms with van der Waals surface area (Å²) in [5.41, 5.74) is 3.85. The number of benzene rings is 3. The molecule has 4 aromatic rings. The van der Waals surface area contributed by atoms with Crippen molar-refractivity contribution in [2.24, 2.45) is 4.99 Å². The normalized spacial score (nSPS) is 15.0. The first-order valence-electron chi connectivity index (χ1n) is 12.8. The molecule has 3 N–H and O–H groups in total. The van der Waals surface area contributed by atoms with Crippen LogP contribution in [0.2, 0.25) is 0 Å². The number of carbonyl (C=O) groups is 2. The highest BCUT2D eigenvalue weighted by molar-refractivity contribution is 6.22. The van der Waals surface area contributed by atoms with Crippen LogP contribution in [-0.4, -0.2) is 89.4 Å². The number of aromatic hydroxyl groups is 1. The molecule has 39 heavy (non-hydrogen) atoms. The van der Waals surface area contributed by atoms with Gasteiger partial charge in [0.2, 0.25) is 5.91 Å². The minimum absolute atomic E-state index is 0.0326. The van der Waals surface area contributed by atoms with E-state index in [4.69, 9.17) is 4.99 Å². The van der Waals surface area contributed by atoms with Gasteiger partial charge in [0.05, 0.1) is 29.1 Å². The number of hydrogen-bond acceptors (Lipinski definition) is 6. The number of hydrogen-bond donors (Lipinski definition) is 3. The topological polar surface area (TPSA) is 112 Å². The highest BCUT2D eigenvalue weighted by Gasteiger charge is 2.21. The predicted molar refractivity (Wildman–Crippen MR) is 152 cm³/mol. The van der Waals surface area contributed by atoms with Gasteiger partial charge in [0.25, 0.3) is 0 Å². The van der Waals surface area contributed by atoms with Gasteiger partial charge in [-0.1, -0.05) is 36.4 Å². The number of likely N-dealkylation sites (N-methyl/N-ethyl adjacent to an activating group) is 2. The molecule has 1 aromatic heterocycles. The number of carbonyl (C=O) groups excluding carboxylic acids is 1. The van der Waals surface area contributed by atoms with Gasteiger partial charge in [-0.3, -0.25) is 9.69 Å². The van der Waals surface area contributed by atoms with E-state index >= 15 is 0 Å². The predicted octanol–water partition coefficient (Wildman–Crippen LogP) is 3.95. The van der Waals surface area contributed by atoms with Crippen molar-refractivity contribution in [2.75, 3.05) is 51.7 Å². The summed E-state index contributed by atoms with van der Waals surface area (Å²) in [5.74, 6) is -1.11. The second kappa shape index (κ2) is 11.1. The lowest BCUT2D eigenvalue weighted by Gasteiger charge is -2.32. The zero-order valence-electron chi connectivity index (χ0n) is 22.0. The number of aliphatic imine (C=N–C) groups is 1. The number of anilines is 1. The maximum Gasteiger partial charge on any atom is 0.335 e. The zero-order valence-corrected chi connectivity index (χ0v) is 22.0. The van der Waals surface area contributed by atoms with Gasteiger partial charge >= 0.3 is 5.97 Å². The molecule has 1 fully saturated rings. The Hall–Kier alpha value is -4.47. The fourth-order valence-corrected chi connectivity index (χ4v) is 4.74. The van der Waals surface area contributed by atoms with Gasteiger partial charge in [-0.25, -0.2) is 9.79 Å². The first-order valence-corrected chi connectivity index (χ1v) is 12.8. The third kappa shape index (κ3) is 5.69. The fourth-order valence-electron chi connectivity index (χ4n) is 4.74. The minimum atomic E-state index is -1.04. The van der Waals surface area contributed by atoms with Crippen molar-refractivity contribution in [1.82, 2.24) is 14.8 Å². The minimum Gasteiger partial charge on any atom is -0.494 e. The number of aromatic amines is 1. The van der Waals surface area contributed by atoms with Crippen molar-refractivity contribution in [3.8, 4) is 5.88 Å². The first-order chi connectivity index (χ1) is 18.8. The quantitative estimate of drug-likeness (QED) is 0.315. The Labute approximate surface area is 226 Å². The van der Waals surface area contributed by atoms with E-state index in [1.807, 2.05) is 54.6 Å². The Kier molecular flexibility index (Phi) is 7.44. The van der Waals surface area contributed by atoms with Crippen molar-refractivity contribution < 1.29 is 19.8 Å². The fraction of sp³-hybridized carbons (Fsp3) is 0.233. The van der Waals surface area contributed by atoms with Crippen LogP contribution in [0.25, 0.3) is 10.9 Å². The van der Waals surface area contributed by atoms with E-state index in [9.17, 15) is 19.8 Å². The highest BCUT2D eigenvalue weighted by atomic mass is 16.4. The molecule has 0 spiro atoms. The van der Waals surface area contributed by atoms with Crippen LogP contribution in [0.1, 0.15) is 21.5 Å². The number of carboxylic acids is 1. The van der Waals surface area contributed by atoms with E-state index in [1.165, 1.54) is 12.1 Å². The van der Waals surface area contributed by atoms with Crippen LogP contribution >= 0.6 is 0 Å². The van der Waals surface area contributed by atoms with Crippen LogP contribution in [0.3, 0.4) is 0 Å². The molecule has 9 nitrogen and oxygen atoms in total. The Balaban J connectivity index is 1.44. The first kappa shape index (κ1) is 26.1. The molecular weight excluding hydrogens is 494 g/mol. The van der Waals surface area contributed by atoms with Crippen LogP contribution in [-0.2, 0) is 4.79 Å². The zero-order chi connectivity index (χ0) is 27.5. The van der Waals surface area contributed by atoms with E-state index in [0.717, 1.165) is 37.4 Å². The lowest BCUT2D eigenvalue weighted by molar-refractivity contribution is -0.119. The van der Waals surface area contributed by atoms with Crippen molar-refractivity contribution in [3.05, 3.63) is 89.5 Å². The van der Waals surface area contributed by atoms with Crippen LogP contribution < -0.4 is 4.90 Å². The lowest BCUT2D eigenvalue weighted by atomic mass is 10.00. The summed E-state index contributed by atoms with van der Waals surface area (Å²) < 4.78 is 0. The number of fused-ring (bicyclic) bond motifs is 1. The maximum atomic E-state index is 12.9. The second-order valence-electron chi connectivity index (χ2n) is 9.79. The number of amides is 1. The van der Waals surface area contributed by atoms with Gasteiger partial charge in [-0.05, 0) is 43.4 Å². The van der Waals surface area contributed by atoms with Crippen molar-refractivity contribution in [2.45, 2.75) is 0 Å². The maximum absolute atomic E-state index is 12.9. The molecule has 0 bridgehead atoms. The average molecular weight is 526 g/mol. The summed E-state index contributed by atoms with van der Waals surface area (Å²) in [6.45, 7) is 4.06. The van der Waals surface area contributed by atoms with E-state index in [-0.39, 0.29) is 17.4 Å². The molecule has 1 amide bonds. The number of nitrogens with one attached hydrogen (secondary N) is 1. The average Bonchev–Trinajstić information content (AvgIpc) is 3.28. The molecule has 0 saturated carbocycles. The SMILES string of the molecule is CN1CCN(CC(=O)N(C)c2ccc(N=C(c3ccccc3)c3c(O)[nH]c4cc(C(=O)O)ccc34)cc2)CC1. The molecule has 0 radical (unpaired) electrons. The summed E-state index contributed by atoms with van der Waals surface area (Å²) >= 11 is 0. The largest absolute Gasteiger partial charge is 0.494 e. The smallest absolute Gasteiger partial charge is 0.335 e. The molecule has 2 heterocycles. The molecular formula is C30H31N5O4. The number of aromatic carboxylic acids is 1. The molecule has 5 rings (SSSR count). The Morgan fingerprint density at radius 1 is 0.949 bits per heavy atom. The van der Waals surface area contributed by atoms with Gasteiger partial charge in [0.1, 0.15) is 0 Å². The van der Waals surface area contributed by atoms with Gasteiger partial charge < -0.3 is 25.0 Å². The van der Waals surface area contributed by atoms with Gasteiger partial charge in [-0.2, -0.15) is 0 Å². The Morgan fingerprint density at radius 3 is 2.31 bits per heavy atom. The molecule has 1 aliphatic heterocycles. The lowest BCUT2D eigenvalue weighted by Crippen LogP contribution is -2.48. The third-order valence-corrected chi connectivity index (χ3v) is 7.12. The van der Waals surface area contributed by atoms with Gasteiger partial charge in [0.15, 0.2) is 5.88 Å². The van der Waals surface area contributed by atoms with Gasteiger partial charge in [0, 0.05) is 55.4 Å². The summed E-state index contributed by atoms with van der Waals surface area (Å²) in [6.07, 6.45) is 0. The second-order valence-corrected chi connectivity index (χ2v) is 9.79. The number of piperazine rings is 1. The molecule has 0 atom stereocenters. The number of nitrogens with zero attached hydrogens (tertiary/aromatic N) is 4. The molecule has 1 saturated heterocycles. The van der Waals surface area contributed by atoms with Crippen molar-refractivity contribution in [1.29, 1.82) is 0 Å². The van der Waals surface area contributed by atoms with Crippen LogP contribution in [0.5, 0.6) is 5.88 Å². The summed E-state index contributed by atoms with van der Waals surface area (Å²) in [6, 6.07) is 21.6. The summed E-state index contributed by atoms with van der Waals surface area (Å²) in [5, 5.41) is 20.9. The monoisotopic (exact) mass is 525 g/mol. The number of H-pyrrole nitrogens is 1. The molecule has 9 heteroatoms. The van der Waals surface area contributed by atoms with E-state index < -0.39 is 5.97 Å². The summed E-state index contributed by atoms with van der Waals surface area (Å²) in [7, 11) is 3.87. The van der Waals surface area contributed by atoms with Crippen molar-refractivity contribution >= 4 is 39.9 Å². The number of aromatic nitrogens is 1. The number of rotatable bonds is 7. The molecule has 3 aromatic carbocycles. The Bertz CT molecular complexity index is 1520. The summed E-state index contributed by atoms with van der Waals surface area (Å²) in [4.78, 5) is 38.2. The van der Waals surface area contributed by atoms with Crippen molar-refractivity contribution in [3.63, 3.8) is 0 Å². The van der Waals surface area contributed by atoms with Crippen LogP contribution in [0, 0.1) is 0 Å². The van der Waals surface area contributed by atoms with Crippen LogP contribution in [0.4, 0.5) is 11.4 Å². The Morgan fingerprint density at radius 2 is 1.64 bits per heavy atom. The molecule has 0 aliphatic carbocycles. The third-order valence-electron chi connectivity index (χ3n) is 7.12. The molecule has 1 aliphatic rings. The van der Waals surface area contributed by atoms with E-state index in [1.54, 1.807) is 18.0 Å². The van der Waals surface area contributed by atoms with E-state index in [0.29, 0.717) is 34.4 Å². The van der Waals surface area contributed by atoms with E-state index in [2.05, 4.69) is 21.8 Å².